The molecule has 10 heavy (non-hydrogen) atoms. The van der Waals surface area contributed by atoms with Gasteiger partial charge in [0.2, 0.25) is 0 Å². The number of Topliss-reactive ketones (excluding diaryl/α,β-unsaturated/α-hetero) is 1. The van der Waals surface area contributed by atoms with Crippen LogP contribution in [-0.4, -0.2) is 21.5 Å². The lowest BCUT2D eigenvalue weighted by atomic mass is 10.1. The average molecular weight is 162 g/mol. The predicted octanol–water partition coefficient (Wildman–Crippen LogP) is 0.980. The number of rotatable bonds is 4. The molecule has 2 nitrogen and oxygen atoms in total. The molecule has 0 saturated carbocycles. The molecule has 0 aliphatic rings. The largest absolute Gasteiger partial charge is 0.298 e. The van der Waals surface area contributed by atoms with Crippen LogP contribution in [0.25, 0.3) is 0 Å². The fourth-order valence-corrected chi connectivity index (χ4v) is 1.28. The van der Waals surface area contributed by atoms with E-state index in [-0.39, 0.29) is 17.5 Å². The Hall–Kier alpha value is -0.180. The Morgan fingerprint density at radius 3 is 2.30 bits per heavy atom. The zero-order valence-electron chi connectivity index (χ0n) is 6.72. The summed E-state index contributed by atoms with van der Waals surface area (Å²) in [6.07, 6.45) is 0. The smallest absolute Gasteiger partial charge is 0.147 e. The quantitative estimate of drug-likeness (QED) is 0.617. The number of carbonyl (C=O) groups excluding carboxylic acids is 1. The van der Waals surface area contributed by atoms with E-state index in [1.165, 1.54) is 0 Å². The maximum Gasteiger partial charge on any atom is 0.147 e. The molecule has 0 rings (SSSR count). The Bertz CT molecular complexity index is 141. The van der Waals surface area contributed by atoms with E-state index < -0.39 is 10.8 Å². The van der Waals surface area contributed by atoms with Crippen LogP contribution in [0.2, 0.25) is 0 Å². The molecule has 0 aromatic carbocycles. The highest BCUT2D eigenvalue weighted by atomic mass is 32.2. The molecule has 0 amide bonds. The van der Waals surface area contributed by atoms with Crippen LogP contribution in [-0.2, 0) is 15.6 Å². The van der Waals surface area contributed by atoms with Gasteiger partial charge in [-0.15, -0.1) is 0 Å². The predicted molar refractivity (Wildman–Crippen MR) is 43.4 cm³/mol. The van der Waals surface area contributed by atoms with E-state index in [9.17, 15) is 9.00 Å². The number of carbonyl (C=O) groups is 1. The first-order valence-electron chi connectivity index (χ1n) is 3.45. The van der Waals surface area contributed by atoms with E-state index in [4.69, 9.17) is 0 Å². The lowest BCUT2D eigenvalue weighted by Crippen LogP contribution is -2.16. The molecule has 60 valence electrons. The highest BCUT2D eigenvalue weighted by Gasteiger charge is 2.09. The third-order valence-corrected chi connectivity index (χ3v) is 2.52. The van der Waals surface area contributed by atoms with E-state index in [2.05, 4.69) is 0 Å². The Morgan fingerprint density at radius 2 is 2.00 bits per heavy atom. The monoisotopic (exact) mass is 162 g/mol. The van der Waals surface area contributed by atoms with Crippen LogP contribution >= 0.6 is 0 Å². The molecule has 0 bridgehead atoms. The molecule has 0 aliphatic carbocycles. The van der Waals surface area contributed by atoms with Crippen molar-refractivity contribution in [1.29, 1.82) is 0 Å². The number of ketones is 1. The van der Waals surface area contributed by atoms with Crippen molar-refractivity contribution < 1.29 is 9.00 Å². The van der Waals surface area contributed by atoms with Gasteiger partial charge in [0.05, 0.1) is 5.75 Å². The zero-order valence-corrected chi connectivity index (χ0v) is 7.53. The summed E-state index contributed by atoms with van der Waals surface area (Å²) in [5.41, 5.74) is 0. The van der Waals surface area contributed by atoms with Crippen LogP contribution in [0.4, 0.5) is 0 Å². The Morgan fingerprint density at radius 1 is 1.50 bits per heavy atom. The molecule has 0 aliphatic heterocycles. The van der Waals surface area contributed by atoms with Crippen LogP contribution in [0.1, 0.15) is 20.8 Å². The molecule has 0 spiro atoms. The van der Waals surface area contributed by atoms with Gasteiger partial charge in [-0.3, -0.25) is 9.00 Å². The first-order chi connectivity index (χ1) is 4.57. The van der Waals surface area contributed by atoms with E-state index in [1.807, 2.05) is 20.8 Å². The first kappa shape index (κ1) is 9.82. The topological polar surface area (TPSA) is 34.1 Å². The molecule has 0 aromatic heterocycles. The maximum absolute atomic E-state index is 10.9. The molecule has 0 radical (unpaired) electrons. The summed E-state index contributed by atoms with van der Waals surface area (Å²) in [6, 6.07) is 0. The van der Waals surface area contributed by atoms with Gasteiger partial charge in [-0.2, -0.15) is 0 Å². The van der Waals surface area contributed by atoms with Crippen LogP contribution in [0.3, 0.4) is 0 Å². The van der Waals surface area contributed by atoms with Crippen molar-refractivity contribution in [3.05, 3.63) is 0 Å². The first-order valence-corrected chi connectivity index (χ1v) is 4.94. The normalized spacial score (nSPS) is 13.6. The van der Waals surface area contributed by atoms with Gasteiger partial charge in [-0.25, -0.2) is 0 Å². The average Bonchev–Trinajstić information content (AvgIpc) is 1.87. The highest BCUT2D eigenvalue weighted by molar-refractivity contribution is 7.85. The molecule has 1 unspecified atom stereocenters. The summed E-state index contributed by atoms with van der Waals surface area (Å²) < 4.78 is 10.8. The van der Waals surface area contributed by atoms with Gasteiger partial charge in [0.15, 0.2) is 0 Å². The summed E-state index contributed by atoms with van der Waals surface area (Å²) >= 11 is 0. The van der Waals surface area contributed by atoms with Gasteiger partial charge < -0.3 is 0 Å². The standard InChI is InChI=1S/C7H14O2S/c1-4-10(9)5-7(8)6(2)3/h6H,4-5H2,1-3H3. The summed E-state index contributed by atoms with van der Waals surface area (Å²) in [5.74, 6) is 0.933. The van der Waals surface area contributed by atoms with Crippen molar-refractivity contribution in [2.24, 2.45) is 5.92 Å². The van der Waals surface area contributed by atoms with Gasteiger partial charge in [0, 0.05) is 22.5 Å². The Labute approximate surface area is 64.5 Å². The van der Waals surface area contributed by atoms with Crippen molar-refractivity contribution in [3.8, 4) is 0 Å². The molecule has 0 aromatic rings. The minimum Gasteiger partial charge on any atom is -0.298 e. The van der Waals surface area contributed by atoms with Gasteiger partial charge >= 0.3 is 0 Å². The van der Waals surface area contributed by atoms with Crippen LogP contribution < -0.4 is 0 Å². The van der Waals surface area contributed by atoms with Crippen molar-refractivity contribution in [2.75, 3.05) is 11.5 Å². The second kappa shape index (κ2) is 4.61. The summed E-state index contributed by atoms with van der Waals surface area (Å²) in [6.45, 7) is 5.48. The lowest BCUT2D eigenvalue weighted by Gasteiger charge is -2.01. The summed E-state index contributed by atoms with van der Waals surface area (Å²) in [4.78, 5) is 10.9. The number of hydrogen-bond donors (Lipinski definition) is 0. The molecular weight excluding hydrogens is 148 g/mol. The third kappa shape index (κ3) is 3.77. The van der Waals surface area contributed by atoms with Gasteiger partial charge in [-0.1, -0.05) is 20.8 Å². The molecule has 3 heteroatoms. The minimum absolute atomic E-state index is 0.0236. The fraction of sp³-hybridized carbons (Fsp3) is 0.857. The van der Waals surface area contributed by atoms with E-state index in [1.54, 1.807) is 0 Å². The molecule has 0 heterocycles. The second-order valence-electron chi connectivity index (χ2n) is 2.49. The van der Waals surface area contributed by atoms with E-state index in [0.717, 1.165) is 0 Å². The zero-order chi connectivity index (χ0) is 8.15. The van der Waals surface area contributed by atoms with Crippen LogP contribution in [0, 0.1) is 5.92 Å². The van der Waals surface area contributed by atoms with E-state index >= 15 is 0 Å². The third-order valence-electron chi connectivity index (χ3n) is 1.27. The second-order valence-corrected chi connectivity index (χ2v) is 4.24. The van der Waals surface area contributed by atoms with Crippen molar-refractivity contribution >= 4 is 16.6 Å². The minimum atomic E-state index is -0.927. The highest BCUT2D eigenvalue weighted by Crippen LogP contribution is 1.95. The molecule has 0 N–H and O–H groups in total. The SMILES string of the molecule is CCS(=O)CC(=O)C(C)C. The van der Waals surface area contributed by atoms with Gasteiger partial charge in [0.1, 0.15) is 5.78 Å². The van der Waals surface area contributed by atoms with Crippen molar-refractivity contribution in [1.82, 2.24) is 0 Å². The van der Waals surface area contributed by atoms with Crippen molar-refractivity contribution in [3.63, 3.8) is 0 Å². The lowest BCUT2D eigenvalue weighted by molar-refractivity contribution is -0.119. The molecule has 0 fully saturated rings. The number of hydrogen-bond acceptors (Lipinski definition) is 2. The summed E-state index contributed by atoms with van der Waals surface area (Å²) in [7, 11) is -0.927. The van der Waals surface area contributed by atoms with Crippen molar-refractivity contribution in [2.45, 2.75) is 20.8 Å². The molecule has 0 saturated heterocycles. The Kier molecular flexibility index (Phi) is 4.52. The van der Waals surface area contributed by atoms with Crippen LogP contribution in [0.15, 0.2) is 0 Å². The maximum atomic E-state index is 10.9. The molecular formula is C7H14O2S. The van der Waals surface area contributed by atoms with Gasteiger partial charge in [-0.05, 0) is 0 Å². The molecule has 1 atom stereocenters. The summed E-state index contributed by atoms with van der Waals surface area (Å²) in [5, 5.41) is 0. The van der Waals surface area contributed by atoms with E-state index in [0.29, 0.717) is 5.75 Å². The fourth-order valence-electron chi connectivity index (χ4n) is 0.427. The Balaban J connectivity index is 3.69. The van der Waals surface area contributed by atoms with Gasteiger partial charge in [0.25, 0.3) is 0 Å². The van der Waals surface area contributed by atoms with Crippen LogP contribution in [0.5, 0.6) is 0 Å².